The third-order valence-corrected chi connectivity index (χ3v) is 10.2. The predicted molar refractivity (Wildman–Crippen MR) is 155 cm³/mol. The van der Waals surface area contributed by atoms with Gasteiger partial charge in [-0.1, -0.05) is 29.8 Å². The van der Waals surface area contributed by atoms with Gasteiger partial charge < -0.3 is 19.8 Å². The number of aromatic nitrogens is 3. The number of aryl methyl sites for hydroxylation is 1. The summed E-state index contributed by atoms with van der Waals surface area (Å²) in [7, 11) is -3.78. The topological polar surface area (TPSA) is 119 Å². The second-order valence-corrected chi connectivity index (χ2v) is 13.4. The molecule has 2 saturated heterocycles. The second-order valence-electron chi connectivity index (χ2n) is 11.8. The maximum absolute atomic E-state index is 12.6. The molecule has 2 bridgehead atoms. The zero-order chi connectivity index (χ0) is 28.2. The molecular formula is C31H34N4O5S. The van der Waals surface area contributed by atoms with E-state index in [2.05, 4.69) is 20.7 Å². The van der Waals surface area contributed by atoms with Crippen LogP contribution >= 0.6 is 0 Å². The van der Waals surface area contributed by atoms with Gasteiger partial charge in [-0.3, -0.25) is 4.18 Å². The number of fused-ring (bicyclic) bond motifs is 3. The largest absolute Gasteiger partial charge is 0.491 e. The molecule has 0 atom stereocenters. The minimum atomic E-state index is -3.78. The van der Waals surface area contributed by atoms with Gasteiger partial charge in [0.25, 0.3) is 10.1 Å². The molecule has 10 heteroatoms. The molecule has 214 valence electrons. The first kappa shape index (κ1) is 26.4. The van der Waals surface area contributed by atoms with Crippen LogP contribution < -0.4 is 10.5 Å². The molecule has 2 N–H and O–H groups in total. The summed E-state index contributed by atoms with van der Waals surface area (Å²) < 4.78 is 45.2. The van der Waals surface area contributed by atoms with Gasteiger partial charge in [0.1, 0.15) is 35.7 Å². The molecule has 3 aliphatic rings. The van der Waals surface area contributed by atoms with Gasteiger partial charge in [0, 0.05) is 17.8 Å². The summed E-state index contributed by atoms with van der Waals surface area (Å²) in [5.41, 5.74) is 9.93. The Morgan fingerprint density at radius 3 is 2.61 bits per heavy atom. The quantitative estimate of drug-likeness (QED) is 0.263. The maximum Gasteiger partial charge on any atom is 0.296 e. The van der Waals surface area contributed by atoms with Crippen molar-refractivity contribution in [1.82, 2.24) is 14.5 Å². The maximum atomic E-state index is 12.6. The molecule has 2 aromatic heterocycles. The van der Waals surface area contributed by atoms with Crippen molar-refractivity contribution in [2.45, 2.75) is 68.1 Å². The second kappa shape index (κ2) is 10.1. The highest BCUT2D eigenvalue weighted by atomic mass is 32.2. The first-order chi connectivity index (χ1) is 19.8. The average molecular weight is 575 g/mol. The number of nitrogens with zero attached hydrogens (tertiary/aromatic N) is 3. The van der Waals surface area contributed by atoms with E-state index in [0.717, 1.165) is 72.0 Å². The van der Waals surface area contributed by atoms with Gasteiger partial charge in [0.05, 0.1) is 23.0 Å². The molecule has 3 fully saturated rings. The Bertz CT molecular complexity index is 1690. The summed E-state index contributed by atoms with van der Waals surface area (Å²) >= 11 is 0. The molecular weight excluding hydrogens is 540 g/mol. The standard InChI is InChI=1S/C31H34N4O5S/c1-20-5-7-26(8-6-20)41(36,37)39-17-21-13-23(14-21)35-16-27(28-29(32)33-19-34-30(28)35)22-3-2-4-25(15-22)38-18-31-11-9-24(40-31)10-12-31/h2-8,15-16,19,21,23-24H,9-14,17-18H2,1H3,(H2,32,33,34). The number of nitrogen functional groups attached to an aromatic ring is 1. The van der Waals surface area contributed by atoms with Gasteiger partial charge in [-0.2, -0.15) is 8.42 Å². The summed E-state index contributed by atoms with van der Waals surface area (Å²) in [5, 5.41) is 0.808. The lowest BCUT2D eigenvalue weighted by molar-refractivity contribution is -0.0198. The van der Waals surface area contributed by atoms with Crippen LogP contribution in [0.15, 0.2) is 66.0 Å². The number of hydrogen-bond acceptors (Lipinski definition) is 8. The van der Waals surface area contributed by atoms with Gasteiger partial charge in [-0.25, -0.2) is 9.97 Å². The molecule has 2 aliphatic heterocycles. The lowest BCUT2D eigenvalue weighted by Crippen LogP contribution is -2.32. The highest BCUT2D eigenvalue weighted by Gasteiger charge is 2.46. The summed E-state index contributed by atoms with van der Waals surface area (Å²) in [4.78, 5) is 9.03. The normalized spacial score (nSPS) is 25.4. The van der Waals surface area contributed by atoms with E-state index < -0.39 is 10.1 Å². The molecule has 1 aliphatic carbocycles. The van der Waals surface area contributed by atoms with Crippen LogP contribution in [0.25, 0.3) is 22.2 Å². The Morgan fingerprint density at radius 1 is 1.10 bits per heavy atom. The van der Waals surface area contributed by atoms with Crippen molar-refractivity contribution < 1.29 is 22.1 Å². The van der Waals surface area contributed by atoms with Gasteiger partial charge in [-0.05, 0) is 81.2 Å². The Morgan fingerprint density at radius 2 is 1.88 bits per heavy atom. The molecule has 41 heavy (non-hydrogen) atoms. The number of benzene rings is 2. The van der Waals surface area contributed by atoms with E-state index in [1.807, 2.05) is 31.2 Å². The number of anilines is 1. The molecule has 2 aromatic carbocycles. The van der Waals surface area contributed by atoms with Crippen LogP contribution in [0.2, 0.25) is 0 Å². The van der Waals surface area contributed by atoms with Gasteiger partial charge >= 0.3 is 0 Å². The van der Waals surface area contributed by atoms with E-state index in [0.29, 0.717) is 18.5 Å². The van der Waals surface area contributed by atoms with Crippen molar-refractivity contribution in [3.05, 3.63) is 66.6 Å². The summed E-state index contributed by atoms with van der Waals surface area (Å²) in [6.45, 7) is 2.63. The fourth-order valence-corrected chi connectivity index (χ4v) is 7.46. The number of nitrogens with two attached hydrogens (primary N) is 1. The van der Waals surface area contributed by atoms with E-state index in [1.165, 1.54) is 6.33 Å². The molecule has 0 unspecified atom stereocenters. The van der Waals surface area contributed by atoms with E-state index >= 15 is 0 Å². The van der Waals surface area contributed by atoms with Crippen LogP contribution in [0.3, 0.4) is 0 Å². The van der Waals surface area contributed by atoms with Crippen LogP contribution in [0, 0.1) is 12.8 Å². The van der Waals surface area contributed by atoms with Gasteiger partial charge in [0.15, 0.2) is 0 Å². The molecule has 0 amide bonds. The molecule has 9 nitrogen and oxygen atoms in total. The third kappa shape index (κ3) is 4.98. The zero-order valence-electron chi connectivity index (χ0n) is 23.0. The Balaban J connectivity index is 1.07. The Kier molecular flexibility index (Phi) is 6.52. The smallest absolute Gasteiger partial charge is 0.296 e. The fourth-order valence-electron chi connectivity index (χ4n) is 6.48. The van der Waals surface area contributed by atoms with E-state index in [9.17, 15) is 8.42 Å². The number of hydrogen-bond donors (Lipinski definition) is 1. The van der Waals surface area contributed by atoms with Crippen molar-refractivity contribution in [2.75, 3.05) is 18.9 Å². The van der Waals surface area contributed by atoms with Gasteiger partial charge in [-0.15, -0.1) is 0 Å². The first-order valence-corrected chi connectivity index (χ1v) is 15.7. The van der Waals surface area contributed by atoms with Crippen LogP contribution in [0.1, 0.15) is 50.1 Å². The number of ether oxygens (including phenoxy) is 2. The highest BCUT2D eigenvalue weighted by molar-refractivity contribution is 7.86. The van der Waals surface area contributed by atoms with Crippen LogP contribution in [0.4, 0.5) is 5.82 Å². The van der Waals surface area contributed by atoms with E-state index in [4.69, 9.17) is 19.4 Å². The van der Waals surface area contributed by atoms with E-state index in [1.54, 1.807) is 24.3 Å². The molecule has 7 rings (SSSR count). The lowest BCUT2D eigenvalue weighted by Gasteiger charge is -2.36. The third-order valence-electron chi connectivity index (χ3n) is 8.92. The zero-order valence-corrected chi connectivity index (χ0v) is 23.8. The van der Waals surface area contributed by atoms with Crippen LogP contribution in [-0.4, -0.2) is 47.9 Å². The molecule has 0 spiro atoms. The monoisotopic (exact) mass is 574 g/mol. The molecule has 1 saturated carbocycles. The minimum absolute atomic E-state index is 0.129. The first-order valence-electron chi connectivity index (χ1n) is 14.3. The summed E-state index contributed by atoms with van der Waals surface area (Å²) in [6.07, 6.45) is 9.90. The predicted octanol–water partition coefficient (Wildman–Crippen LogP) is 5.44. The van der Waals surface area contributed by atoms with Crippen LogP contribution in [-0.2, 0) is 19.0 Å². The van der Waals surface area contributed by atoms with Crippen molar-refractivity contribution in [1.29, 1.82) is 0 Å². The van der Waals surface area contributed by atoms with Gasteiger partial charge in [0.2, 0.25) is 0 Å². The summed E-state index contributed by atoms with van der Waals surface area (Å²) in [6, 6.07) is 14.9. The molecule has 4 heterocycles. The van der Waals surface area contributed by atoms with Crippen molar-refractivity contribution in [3.8, 4) is 16.9 Å². The molecule has 4 aromatic rings. The van der Waals surface area contributed by atoms with Crippen molar-refractivity contribution in [3.63, 3.8) is 0 Å². The summed E-state index contributed by atoms with van der Waals surface area (Å²) in [5.74, 6) is 1.35. The lowest BCUT2D eigenvalue weighted by atomic mass is 9.81. The minimum Gasteiger partial charge on any atom is -0.491 e. The SMILES string of the molecule is Cc1ccc(S(=O)(=O)OCC2CC(n3cc(-c4cccc(OCC56CCC(CC5)O6)c4)c4c(N)ncnc43)C2)cc1. The van der Waals surface area contributed by atoms with Crippen molar-refractivity contribution >= 4 is 27.0 Å². The Hall–Kier alpha value is -3.47. The molecule has 0 radical (unpaired) electrons. The van der Waals surface area contributed by atoms with E-state index in [-0.39, 0.29) is 29.1 Å². The fraction of sp³-hybridized carbons (Fsp3) is 0.419. The average Bonchev–Trinajstić information content (AvgIpc) is 3.66. The van der Waals surface area contributed by atoms with Crippen LogP contribution in [0.5, 0.6) is 5.75 Å². The number of rotatable bonds is 9. The van der Waals surface area contributed by atoms with Crippen molar-refractivity contribution in [2.24, 2.45) is 5.92 Å². The Labute approximate surface area is 239 Å². The highest BCUT2D eigenvalue weighted by Crippen LogP contribution is 2.45.